The van der Waals surface area contributed by atoms with Crippen LogP contribution >= 0.6 is 0 Å². The Morgan fingerprint density at radius 1 is 1.03 bits per heavy atom. The van der Waals surface area contributed by atoms with Crippen LogP contribution in [-0.4, -0.2) is 55.2 Å². The van der Waals surface area contributed by atoms with Crippen molar-refractivity contribution < 1.29 is 23.9 Å². The molecule has 1 N–H and O–H groups in total. The first-order chi connectivity index (χ1) is 14.5. The van der Waals surface area contributed by atoms with Crippen LogP contribution < -0.4 is 5.32 Å². The molecule has 1 aliphatic carbocycles. The lowest BCUT2D eigenvalue weighted by Crippen LogP contribution is -2.42. The number of rotatable bonds is 4. The summed E-state index contributed by atoms with van der Waals surface area (Å²) in [5.74, 6) is -0.791. The van der Waals surface area contributed by atoms with Gasteiger partial charge < -0.3 is 14.8 Å². The van der Waals surface area contributed by atoms with Crippen molar-refractivity contribution in [3.63, 3.8) is 0 Å². The van der Waals surface area contributed by atoms with Gasteiger partial charge in [-0.1, -0.05) is 48.5 Å². The fourth-order valence-corrected chi connectivity index (χ4v) is 4.47. The highest BCUT2D eigenvalue weighted by Gasteiger charge is 2.42. The van der Waals surface area contributed by atoms with Gasteiger partial charge in [0.05, 0.1) is 7.11 Å². The Bertz CT molecular complexity index is 944. The zero-order valence-corrected chi connectivity index (χ0v) is 17.0. The third-order valence-corrected chi connectivity index (χ3v) is 5.75. The van der Waals surface area contributed by atoms with Gasteiger partial charge in [-0.3, -0.25) is 9.69 Å². The second-order valence-electron chi connectivity index (χ2n) is 7.63. The number of esters is 1. The molecule has 2 aliphatic rings. The van der Waals surface area contributed by atoms with Crippen molar-refractivity contribution in [1.29, 1.82) is 0 Å². The second-order valence-corrected chi connectivity index (χ2v) is 7.63. The maximum absolute atomic E-state index is 12.9. The van der Waals surface area contributed by atoms with Crippen LogP contribution in [0.2, 0.25) is 0 Å². The number of carbonyl (C=O) groups is 3. The molecule has 2 aromatic rings. The van der Waals surface area contributed by atoms with E-state index in [0.717, 1.165) is 22.3 Å². The molecule has 0 spiro atoms. The molecule has 4 rings (SSSR count). The van der Waals surface area contributed by atoms with Gasteiger partial charge in [-0.15, -0.1) is 0 Å². The van der Waals surface area contributed by atoms with Crippen LogP contribution in [0.5, 0.6) is 0 Å². The maximum atomic E-state index is 12.9. The van der Waals surface area contributed by atoms with E-state index in [4.69, 9.17) is 9.47 Å². The maximum Gasteiger partial charge on any atom is 0.410 e. The van der Waals surface area contributed by atoms with Gasteiger partial charge in [-0.2, -0.15) is 0 Å². The van der Waals surface area contributed by atoms with E-state index in [1.54, 1.807) is 0 Å². The van der Waals surface area contributed by atoms with Gasteiger partial charge in [-0.25, -0.2) is 9.59 Å². The summed E-state index contributed by atoms with van der Waals surface area (Å²) in [5.41, 5.74) is 4.53. The zero-order chi connectivity index (χ0) is 21.3. The van der Waals surface area contributed by atoms with Crippen molar-refractivity contribution in [2.75, 3.05) is 20.3 Å². The first-order valence-electron chi connectivity index (χ1n) is 9.96. The van der Waals surface area contributed by atoms with Gasteiger partial charge in [0.15, 0.2) is 0 Å². The van der Waals surface area contributed by atoms with Crippen molar-refractivity contribution in [3.05, 3.63) is 59.7 Å². The summed E-state index contributed by atoms with van der Waals surface area (Å²) < 4.78 is 10.5. The van der Waals surface area contributed by atoms with Gasteiger partial charge in [0.25, 0.3) is 0 Å². The average molecular weight is 408 g/mol. The van der Waals surface area contributed by atoms with E-state index in [0.29, 0.717) is 6.42 Å². The number of hydrogen-bond donors (Lipinski definition) is 1. The molecule has 7 heteroatoms. The smallest absolute Gasteiger partial charge is 0.410 e. The predicted octanol–water partition coefficient (Wildman–Crippen LogP) is 2.69. The number of carbonyl (C=O) groups excluding carboxylic acids is 3. The van der Waals surface area contributed by atoms with Crippen LogP contribution in [0.1, 0.15) is 30.4 Å². The Hall–Kier alpha value is -3.35. The largest absolute Gasteiger partial charge is 0.467 e. The number of amides is 2. The van der Waals surface area contributed by atoms with Crippen molar-refractivity contribution in [2.24, 2.45) is 0 Å². The molecule has 1 fully saturated rings. The van der Waals surface area contributed by atoms with E-state index < -0.39 is 18.1 Å². The minimum Gasteiger partial charge on any atom is -0.467 e. The quantitative estimate of drug-likeness (QED) is 0.787. The molecule has 7 nitrogen and oxygen atoms in total. The van der Waals surface area contributed by atoms with E-state index in [1.165, 1.54) is 18.9 Å². The van der Waals surface area contributed by atoms with Crippen molar-refractivity contribution in [1.82, 2.24) is 10.2 Å². The normalized spacial score (nSPS) is 19.7. The first-order valence-corrected chi connectivity index (χ1v) is 9.96. The summed E-state index contributed by atoms with van der Waals surface area (Å²) in [7, 11) is 1.28. The van der Waals surface area contributed by atoms with Gasteiger partial charge in [0.1, 0.15) is 12.6 Å². The monoisotopic (exact) mass is 408 g/mol. The third-order valence-electron chi connectivity index (χ3n) is 5.75. The third kappa shape index (κ3) is 3.63. The van der Waals surface area contributed by atoms with Crippen LogP contribution in [0, 0.1) is 0 Å². The van der Waals surface area contributed by atoms with Crippen molar-refractivity contribution in [2.45, 2.75) is 31.3 Å². The average Bonchev–Trinajstić information content (AvgIpc) is 3.30. The molecule has 0 unspecified atom stereocenters. The molecule has 30 heavy (non-hydrogen) atoms. The fraction of sp³-hybridized carbons (Fsp3) is 0.348. The lowest BCUT2D eigenvalue weighted by molar-refractivity contribution is -0.145. The highest BCUT2D eigenvalue weighted by molar-refractivity contribution is 5.83. The van der Waals surface area contributed by atoms with E-state index in [2.05, 4.69) is 17.4 Å². The van der Waals surface area contributed by atoms with Crippen LogP contribution in [0.4, 0.5) is 4.79 Å². The molecule has 2 aromatic carbocycles. The van der Waals surface area contributed by atoms with Gasteiger partial charge in [0, 0.05) is 31.8 Å². The standard InChI is InChI=1S/C23H24N2O5/c1-14(26)24-15-11-21(22(27)29-2)25(12-15)23(28)30-13-20-18-9-5-3-7-16(18)17-8-4-6-10-19(17)20/h3-10,15,20-21H,11-13H2,1-2H3,(H,24,26)/t15-,21-/m0/s1. The van der Waals surface area contributed by atoms with Crippen molar-refractivity contribution >= 4 is 18.0 Å². The topological polar surface area (TPSA) is 84.9 Å². The van der Waals surface area contributed by atoms with Crippen LogP contribution in [0.15, 0.2) is 48.5 Å². The van der Waals surface area contributed by atoms with E-state index in [-0.39, 0.29) is 31.0 Å². The highest BCUT2D eigenvalue weighted by Crippen LogP contribution is 2.44. The van der Waals surface area contributed by atoms with E-state index in [9.17, 15) is 14.4 Å². The summed E-state index contributed by atoms with van der Waals surface area (Å²) in [6.45, 7) is 1.78. The number of likely N-dealkylation sites (tertiary alicyclic amines) is 1. The Morgan fingerprint density at radius 3 is 2.20 bits per heavy atom. The summed E-state index contributed by atoms with van der Waals surface area (Å²) in [5, 5.41) is 2.76. The minimum absolute atomic E-state index is 0.0633. The summed E-state index contributed by atoms with van der Waals surface area (Å²) in [6.07, 6.45) is -0.281. The van der Waals surface area contributed by atoms with E-state index >= 15 is 0 Å². The SMILES string of the molecule is COC(=O)[C@@H]1C[C@H](NC(C)=O)CN1C(=O)OCC1c2ccccc2-c2ccccc21. The fourth-order valence-electron chi connectivity index (χ4n) is 4.47. The van der Waals surface area contributed by atoms with Gasteiger partial charge in [0.2, 0.25) is 5.91 Å². The minimum atomic E-state index is -0.775. The number of fused-ring (bicyclic) bond motifs is 3. The molecule has 2 amide bonds. The molecule has 0 bridgehead atoms. The molecule has 2 atom stereocenters. The Kier molecular flexibility index (Phi) is 5.44. The molecule has 1 aliphatic heterocycles. The number of nitrogens with one attached hydrogen (secondary N) is 1. The first kappa shape index (κ1) is 19.9. The Balaban J connectivity index is 1.50. The lowest BCUT2D eigenvalue weighted by atomic mass is 9.98. The molecule has 156 valence electrons. The number of methoxy groups -OCH3 is 1. The Labute approximate surface area is 175 Å². The van der Waals surface area contributed by atoms with Gasteiger partial charge in [-0.05, 0) is 22.3 Å². The molecule has 1 heterocycles. The van der Waals surface area contributed by atoms with Crippen LogP contribution in [0.25, 0.3) is 11.1 Å². The molecular weight excluding hydrogens is 384 g/mol. The second kappa shape index (κ2) is 8.18. The molecule has 1 saturated heterocycles. The molecule has 0 radical (unpaired) electrons. The molecular formula is C23H24N2O5. The molecule has 0 saturated carbocycles. The molecule has 0 aromatic heterocycles. The highest BCUT2D eigenvalue weighted by atomic mass is 16.6. The Morgan fingerprint density at radius 2 is 1.63 bits per heavy atom. The summed E-state index contributed by atoms with van der Waals surface area (Å²) >= 11 is 0. The lowest BCUT2D eigenvalue weighted by Gasteiger charge is -2.23. The zero-order valence-electron chi connectivity index (χ0n) is 17.0. The van der Waals surface area contributed by atoms with Crippen LogP contribution in [0.3, 0.4) is 0 Å². The number of benzene rings is 2. The van der Waals surface area contributed by atoms with Crippen molar-refractivity contribution in [3.8, 4) is 11.1 Å². The van der Waals surface area contributed by atoms with Crippen LogP contribution in [-0.2, 0) is 19.1 Å². The summed E-state index contributed by atoms with van der Waals surface area (Å²) in [4.78, 5) is 37.8. The van der Waals surface area contributed by atoms with E-state index in [1.807, 2.05) is 36.4 Å². The number of hydrogen-bond acceptors (Lipinski definition) is 5. The number of nitrogens with zero attached hydrogens (tertiary/aromatic N) is 1. The number of ether oxygens (including phenoxy) is 2. The summed E-state index contributed by atoms with van der Waals surface area (Å²) in [6, 6.07) is 15.1. The predicted molar refractivity (Wildman–Crippen MR) is 110 cm³/mol. The van der Waals surface area contributed by atoms with Gasteiger partial charge >= 0.3 is 12.1 Å².